The molecule has 1 saturated heterocycles. The second-order valence-electron chi connectivity index (χ2n) is 6.80. The number of halogens is 1. The third-order valence-corrected chi connectivity index (χ3v) is 3.82. The number of rotatable bonds is 3. The van der Waals surface area contributed by atoms with Gasteiger partial charge in [0.1, 0.15) is 11.4 Å². The minimum atomic E-state index is -0.569. The van der Waals surface area contributed by atoms with Crippen LogP contribution >= 0.6 is 0 Å². The Morgan fingerprint density at radius 2 is 2.09 bits per heavy atom. The highest BCUT2D eigenvalue weighted by Crippen LogP contribution is 2.31. The molecule has 1 atom stereocenters. The summed E-state index contributed by atoms with van der Waals surface area (Å²) in [7, 11) is 0. The molecule has 2 N–H and O–H groups in total. The van der Waals surface area contributed by atoms with Gasteiger partial charge in [0.15, 0.2) is 0 Å². The maximum Gasteiger partial charge on any atom is 0.407 e. The lowest BCUT2D eigenvalue weighted by atomic mass is 9.82. The SMILES string of the molecule is CC(C)(C)OC(=O)NCC1(c2ccccc2F)CCCCN1. The van der Waals surface area contributed by atoms with Gasteiger partial charge in [-0.1, -0.05) is 18.2 Å². The molecule has 122 valence electrons. The first-order chi connectivity index (χ1) is 10.3. The summed E-state index contributed by atoms with van der Waals surface area (Å²) in [5.74, 6) is -0.247. The van der Waals surface area contributed by atoms with Gasteiger partial charge in [0.05, 0.1) is 5.54 Å². The number of carbonyl (C=O) groups is 1. The number of amides is 1. The summed E-state index contributed by atoms with van der Waals surface area (Å²) in [6, 6.07) is 6.74. The molecular formula is C17H25FN2O2. The molecule has 1 aliphatic rings. The van der Waals surface area contributed by atoms with Crippen LogP contribution in [-0.2, 0) is 10.3 Å². The first-order valence-electron chi connectivity index (χ1n) is 7.79. The fourth-order valence-corrected chi connectivity index (χ4v) is 2.83. The lowest BCUT2D eigenvalue weighted by Crippen LogP contribution is -2.54. The molecule has 0 bridgehead atoms. The Balaban J connectivity index is 2.13. The zero-order valence-corrected chi connectivity index (χ0v) is 13.5. The molecular weight excluding hydrogens is 283 g/mol. The van der Waals surface area contributed by atoms with Crippen LogP contribution in [0.2, 0.25) is 0 Å². The van der Waals surface area contributed by atoms with Crippen molar-refractivity contribution in [3.05, 3.63) is 35.6 Å². The molecule has 1 unspecified atom stereocenters. The Morgan fingerprint density at radius 1 is 1.36 bits per heavy atom. The van der Waals surface area contributed by atoms with Crippen LogP contribution in [0.5, 0.6) is 0 Å². The summed E-state index contributed by atoms with van der Waals surface area (Å²) < 4.78 is 19.5. The number of alkyl carbamates (subject to hydrolysis) is 1. The number of benzene rings is 1. The van der Waals surface area contributed by atoms with Crippen LogP contribution in [0.15, 0.2) is 24.3 Å². The van der Waals surface area contributed by atoms with Crippen molar-refractivity contribution in [2.75, 3.05) is 13.1 Å². The molecule has 0 saturated carbocycles. The summed E-state index contributed by atoms with van der Waals surface area (Å²) in [6.45, 7) is 6.57. The Hall–Kier alpha value is -1.62. The van der Waals surface area contributed by atoms with Gasteiger partial charge in [-0.25, -0.2) is 9.18 Å². The minimum Gasteiger partial charge on any atom is -0.444 e. The highest BCUT2D eigenvalue weighted by atomic mass is 19.1. The lowest BCUT2D eigenvalue weighted by molar-refractivity contribution is 0.0501. The van der Waals surface area contributed by atoms with E-state index in [1.54, 1.807) is 12.1 Å². The maximum absolute atomic E-state index is 14.2. The average molecular weight is 308 g/mol. The molecule has 0 aromatic heterocycles. The molecule has 5 heteroatoms. The van der Waals surface area contributed by atoms with Crippen molar-refractivity contribution in [2.45, 2.75) is 51.2 Å². The van der Waals surface area contributed by atoms with Crippen molar-refractivity contribution in [3.63, 3.8) is 0 Å². The molecule has 1 amide bonds. The van der Waals surface area contributed by atoms with E-state index in [9.17, 15) is 9.18 Å². The van der Waals surface area contributed by atoms with Crippen LogP contribution < -0.4 is 10.6 Å². The molecule has 1 aromatic carbocycles. The van der Waals surface area contributed by atoms with E-state index in [0.717, 1.165) is 25.8 Å². The van der Waals surface area contributed by atoms with Gasteiger partial charge in [0.25, 0.3) is 0 Å². The van der Waals surface area contributed by atoms with Crippen LogP contribution in [0.1, 0.15) is 45.6 Å². The summed E-state index contributed by atoms with van der Waals surface area (Å²) in [6.07, 6.45) is 2.36. The van der Waals surface area contributed by atoms with Crippen LogP contribution in [0.3, 0.4) is 0 Å². The van der Waals surface area contributed by atoms with E-state index in [2.05, 4.69) is 10.6 Å². The van der Waals surface area contributed by atoms with E-state index >= 15 is 0 Å². The van der Waals surface area contributed by atoms with Crippen molar-refractivity contribution in [3.8, 4) is 0 Å². The third-order valence-electron chi connectivity index (χ3n) is 3.82. The zero-order valence-electron chi connectivity index (χ0n) is 13.5. The predicted molar refractivity (Wildman–Crippen MR) is 84.2 cm³/mol. The average Bonchev–Trinajstić information content (AvgIpc) is 2.45. The quantitative estimate of drug-likeness (QED) is 0.900. The van der Waals surface area contributed by atoms with Gasteiger partial charge < -0.3 is 15.4 Å². The van der Waals surface area contributed by atoms with Crippen LogP contribution in [0, 0.1) is 5.82 Å². The van der Waals surface area contributed by atoms with Crippen LogP contribution in [0.4, 0.5) is 9.18 Å². The largest absolute Gasteiger partial charge is 0.444 e. The molecule has 1 aromatic rings. The Labute approximate surface area is 131 Å². The Kier molecular flexibility index (Phi) is 5.06. The molecule has 0 aliphatic carbocycles. The van der Waals surface area contributed by atoms with E-state index in [1.165, 1.54) is 6.07 Å². The second-order valence-corrected chi connectivity index (χ2v) is 6.80. The lowest BCUT2D eigenvalue weighted by Gasteiger charge is -2.39. The molecule has 2 rings (SSSR count). The van der Waals surface area contributed by atoms with Gasteiger partial charge >= 0.3 is 6.09 Å². The monoisotopic (exact) mass is 308 g/mol. The number of hydrogen-bond acceptors (Lipinski definition) is 3. The first kappa shape index (κ1) is 16.7. The van der Waals surface area contributed by atoms with Crippen LogP contribution in [-0.4, -0.2) is 24.8 Å². The van der Waals surface area contributed by atoms with Gasteiger partial charge in [-0.3, -0.25) is 0 Å². The van der Waals surface area contributed by atoms with Crippen molar-refractivity contribution >= 4 is 6.09 Å². The highest BCUT2D eigenvalue weighted by Gasteiger charge is 2.36. The molecule has 1 aliphatic heterocycles. The molecule has 4 nitrogen and oxygen atoms in total. The highest BCUT2D eigenvalue weighted by molar-refractivity contribution is 5.67. The molecule has 0 radical (unpaired) electrons. The number of carbonyl (C=O) groups excluding carboxylic acids is 1. The van der Waals surface area contributed by atoms with Crippen molar-refractivity contribution in [1.82, 2.24) is 10.6 Å². The van der Waals surface area contributed by atoms with E-state index in [1.807, 2.05) is 26.8 Å². The third kappa shape index (κ3) is 4.19. The summed E-state index contributed by atoms with van der Waals surface area (Å²) in [4.78, 5) is 11.9. The fraction of sp³-hybridized carbons (Fsp3) is 0.588. The van der Waals surface area contributed by atoms with Crippen molar-refractivity contribution < 1.29 is 13.9 Å². The van der Waals surface area contributed by atoms with Crippen molar-refractivity contribution in [1.29, 1.82) is 0 Å². The van der Waals surface area contributed by atoms with Gasteiger partial charge in [0.2, 0.25) is 0 Å². The fourth-order valence-electron chi connectivity index (χ4n) is 2.83. The van der Waals surface area contributed by atoms with Gasteiger partial charge in [-0.05, 0) is 52.6 Å². The van der Waals surface area contributed by atoms with E-state index < -0.39 is 17.2 Å². The maximum atomic E-state index is 14.2. The zero-order chi connectivity index (χ0) is 16.2. The van der Waals surface area contributed by atoms with Gasteiger partial charge in [0, 0.05) is 12.1 Å². The number of ether oxygens (including phenoxy) is 1. The standard InChI is InChI=1S/C17H25FN2O2/c1-16(2,3)22-15(21)19-12-17(10-6-7-11-20-17)13-8-4-5-9-14(13)18/h4-5,8-9,20H,6-7,10-12H2,1-3H3,(H,19,21). The number of nitrogens with one attached hydrogen (secondary N) is 2. The molecule has 1 heterocycles. The van der Waals surface area contributed by atoms with Crippen molar-refractivity contribution in [2.24, 2.45) is 0 Å². The molecule has 1 fully saturated rings. The van der Waals surface area contributed by atoms with E-state index in [4.69, 9.17) is 4.74 Å². The predicted octanol–water partition coefficient (Wildman–Crippen LogP) is 3.32. The number of piperidine rings is 1. The summed E-state index contributed by atoms with van der Waals surface area (Å²) in [5.41, 5.74) is -0.513. The second kappa shape index (κ2) is 6.65. The Morgan fingerprint density at radius 3 is 2.68 bits per heavy atom. The Bertz CT molecular complexity index is 520. The summed E-state index contributed by atoms with van der Waals surface area (Å²) in [5, 5.41) is 6.18. The van der Waals surface area contributed by atoms with Gasteiger partial charge in [-0.15, -0.1) is 0 Å². The minimum absolute atomic E-state index is 0.247. The van der Waals surface area contributed by atoms with E-state index in [-0.39, 0.29) is 5.82 Å². The topological polar surface area (TPSA) is 50.4 Å². The first-order valence-corrected chi connectivity index (χ1v) is 7.79. The summed E-state index contributed by atoms with van der Waals surface area (Å²) >= 11 is 0. The molecule has 0 spiro atoms. The normalized spacial score (nSPS) is 22.2. The number of hydrogen-bond donors (Lipinski definition) is 2. The van der Waals surface area contributed by atoms with E-state index in [0.29, 0.717) is 12.1 Å². The van der Waals surface area contributed by atoms with Gasteiger partial charge in [-0.2, -0.15) is 0 Å². The molecule has 22 heavy (non-hydrogen) atoms. The smallest absolute Gasteiger partial charge is 0.407 e. The van der Waals surface area contributed by atoms with Crippen LogP contribution in [0.25, 0.3) is 0 Å².